The fourth-order valence-corrected chi connectivity index (χ4v) is 2.50. The SMILES string of the molecule is CCNC(=O)[C@H](C)N(Cc1ccccc1F)C(=O)COc1ccccc1F. The molecule has 0 saturated carbocycles. The van der Waals surface area contributed by atoms with Gasteiger partial charge in [-0.05, 0) is 32.0 Å². The molecule has 0 aliphatic carbocycles. The van der Waals surface area contributed by atoms with Crippen LogP contribution in [-0.2, 0) is 16.1 Å². The number of carbonyl (C=O) groups is 2. The van der Waals surface area contributed by atoms with Crippen LogP contribution in [0.15, 0.2) is 48.5 Å². The maximum absolute atomic E-state index is 14.0. The first-order valence-electron chi connectivity index (χ1n) is 8.62. The lowest BCUT2D eigenvalue weighted by Crippen LogP contribution is -2.49. The van der Waals surface area contributed by atoms with Gasteiger partial charge >= 0.3 is 0 Å². The van der Waals surface area contributed by atoms with E-state index in [1.807, 2.05) is 0 Å². The van der Waals surface area contributed by atoms with Crippen LogP contribution in [0.1, 0.15) is 19.4 Å². The van der Waals surface area contributed by atoms with Gasteiger partial charge < -0.3 is 15.0 Å². The molecule has 5 nitrogen and oxygen atoms in total. The van der Waals surface area contributed by atoms with Crippen molar-refractivity contribution in [2.75, 3.05) is 13.2 Å². The highest BCUT2D eigenvalue weighted by molar-refractivity contribution is 5.87. The Morgan fingerprint density at radius 1 is 1.07 bits per heavy atom. The van der Waals surface area contributed by atoms with Gasteiger partial charge in [0, 0.05) is 18.7 Å². The van der Waals surface area contributed by atoms with Crippen LogP contribution < -0.4 is 10.1 Å². The lowest BCUT2D eigenvalue weighted by Gasteiger charge is -2.28. The van der Waals surface area contributed by atoms with E-state index in [4.69, 9.17) is 4.74 Å². The van der Waals surface area contributed by atoms with Gasteiger partial charge in [-0.1, -0.05) is 30.3 Å². The molecule has 2 amide bonds. The van der Waals surface area contributed by atoms with Gasteiger partial charge in [-0.2, -0.15) is 0 Å². The molecule has 0 bridgehead atoms. The average molecular weight is 376 g/mol. The number of nitrogens with one attached hydrogen (secondary N) is 1. The molecule has 2 rings (SSSR count). The third-order valence-corrected chi connectivity index (χ3v) is 4.00. The second kappa shape index (κ2) is 9.66. The van der Waals surface area contributed by atoms with Crippen LogP contribution in [0.2, 0.25) is 0 Å². The Morgan fingerprint density at radius 2 is 1.70 bits per heavy atom. The van der Waals surface area contributed by atoms with E-state index in [0.29, 0.717) is 6.54 Å². The number of para-hydroxylation sites is 1. The molecule has 0 aromatic heterocycles. The number of ether oxygens (including phenoxy) is 1. The van der Waals surface area contributed by atoms with E-state index in [1.54, 1.807) is 32.0 Å². The normalized spacial score (nSPS) is 11.6. The Balaban J connectivity index is 2.17. The number of benzene rings is 2. The second-order valence-electron chi connectivity index (χ2n) is 5.90. The summed E-state index contributed by atoms with van der Waals surface area (Å²) in [5.74, 6) is -2.06. The lowest BCUT2D eigenvalue weighted by molar-refractivity contribution is -0.142. The zero-order chi connectivity index (χ0) is 19.8. The molecule has 0 heterocycles. The van der Waals surface area contributed by atoms with Crippen molar-refractivity contribution < 1.29 is 23.1 Å². The van der Waals surface area contributed by atoms with E-state index >= 15 is 0 Å². The van der Waals surface area contributed by atoms with E-state index in [-0.39, 0.29) is 23.8 Å². The standard InChI is InChI=1S/C20H22F2N2O3/c1-3-23-20(26)14(2)24(12-15-8-4-5-9-16(15)21)19(25)13-27-18-11-7-6-10-17(18)22/h4-11,14H,3,12-13H2,1-2H3,(H,23,26)/t14-/m0/s1. The molecule has 7 heteroatoms. The topological polar surface area (TPSA) is 58.6 Å². The number of nitrogens with zero attached hydrogens (tertiary/aromatic N) is 1. The van der Waals surface area contributed by atoms with Crippen molar-refractivity contribution in [1.29, 1.82) is 0 Å². The maximum atomic E-state index is 14.0. The first-order valence-corrected chi connectivity index (χ1v) is 8.62. The van der Waals surface area contributed by atoms with Gasteiger partial charge in [0.25, 0.3) is 5.91 Å². The molecule has 0 spiro atoms. The lowest BCUT2D eigenvalue weighted by atomic mass is 10.1. The molecule has 144 valence electrons. The molecule has 0 unspecified atom stereocenters. The summed E-state index contributed by atoms with van der Waals surface area (Å²) in [4.78, 5) is 26.1. The Hall–Kier alpha value is -2.96. The number of carbonyl (C=O) groups excluding carboxylic acids is 2. The summed E-state index contributed by atoms with van der Waals surface area (Å²) in [6.45, 7) is 3.13. The van der Waals surface area contributed by atoms with Crippen LogP contribution in [0.5, 0.6) is 5.75 Å². The van der Waals surface area contributed by atoms with Crippen molar-refractivity contribution in [3.8, 4) is 5.75 Å². The highest BCUT2D eigenvalue weighted by Crippen LogP contribution is 2.17. The average Bonchev–Trinajstić information content (AvgIpc) is 2.66. The first kappa shape index (κ1) is 20.4. The van der Waals surface area contributed by atoms with Gasteiger partial charge in [0.05, 0.1) is 0 Å². The van der Waals surface area contributed by atoms with Crippen molar-refractivity contribution in [3.63, 3.8) is 0 Å². The molecule has 0 saturated heterocycles. The molecule has 0 aliphatic rings. The quantitative estimate of drug-likeness (QED) is 0.771. The van der Waals surface area contributed by atoms with Crippen molar-refractivity contribution in [2.45, 2.75) is 26.4 Å². The van der Waals surface area contributed by atoms with E-state index in [9.17, 15) is 18.4 Å². The van der Waals surface area contributed by atoms with Crippen molar-refractivity contribution in [3.05, 3.63) is 65.7 Å². The first-order chi connectivity index (χ1) is 12.9. The van der Waals surface area contributed by atoms with Gasteiger partial charge in [-0.25, -0.2) is 8.78 Å². The highest BCUT2D eigenvalue weighted by atomic mass is 19.1. The number of halogens is 2. The van der Waals surface area contributed by atoms with Gasteiger partial charge in [-0.3, -0.25) is 9.59 Å². The van der Waals surface area contributed by atoms with Crippen LogP contribution in [0, 0.1) is 11.6 Å². The molecule has 0 aliphatic heterocycles. The van der Waals surface area contributed by atoms with Crippen LogP contribution in [0.25, 0.3) is 0 Å². The number of hydrogen-bond donors (Lipinski definition) is 1. The summed E-state index contributed by atoms with van der Waals surface area (Å²) in [6, 6.07) is 10.9. The monoisotopic (exact) mass is 376 g/mol. The zero-order valence-corrected chi connectivity index (χ0v) is 15.2. The smallest absolute Gasteiger partial charge is 0.261 e. The van der Waals surface area contributed by atoms with E-state index in [0.717, 1.165) is 0 Å². The molecular formula is C20H22F2N2O3. The van der Waals surface area contributed by atoms with Crippen LogP contribution in [0.4, 0.5) is 8.78 Å². The molecule has 0 fully saturated rings. The van der Waals surface area contributed by atoms with Crippen molar-refractivity contribution in [1.82, 2.24) is 10.2 Å². The maximum Gasteiger partial charge on any atom is 0.261 e. The molecule has 1 N–H and O–H groups in total. The Bertz CT molecular complexity index is 798. The third-order valence-electron chi connectivity index (χ3n) is 4.00. The summed E-state index contributed by atoms with van der Waals surface area (Å²) in [5.41, 5.74) is 0.271. The summed E-state index contributed by atoms with van der Waals surface area (Å²) in [6.07, 6.45) is 0. The third kappa shape index (κ3) is 5.51. The Kier molecular flexibility index (Phi) is 7.28. The predicted octanol–water partition coefficient (Wildman–Crippen LogP) is 2.90. The van der Waals surface area contributed by atoms with Gasteiger partial charge in [0.1, 0.15) is 11.9 Å². The van der Waals surface area contributed by atoms with E-state index in [2.05, 4.69) is 5.32 Å². The second-order valence-corrected chi connectivity index (χ2v) is 5.90. The van der Waals surface area contributed by atoms with Crippen LogP contribution in [0.3, 0.4) is 0 Å². The Morgan fingerprint density at radius 3 is 2.33 bits per heavy atom. The minimum absolute atomic E-state index is 0.0673. The van der Waals surface area contributed by atoms with Crippen molar-refractivity contribution >= 4 is 11.8 Å². The molecule has 1 atom stereocenters. The molecular weight excluding hydrogens is 354 g/mol. The number of amides is 2. The fourth-order valence-electron chi connectivity index (χ4n) is 2.50. The van der Waals surface area contributed by atoms with Crippen LogP contribution in [-0.4, -0.2) is 35.9 Å². The van der Waals surface area contributed by atoms with E-state index in [1.165, 1.54) is 35.2 Å². The Labute approximate surface area is 156 Å². The summed E-state index contributed by atoms with van der Waals surface area (Å²) in [5, 5.41) is 2.64. The van der Waals surface area contributed by atoms with Crippen molar-refractivity contribution in [2.24, 2.45) is 0 Å². The summed E-state index contributed by atoms with van der Waals surface area (Å²) in [7, 11) is 0. The fraction of sp³-hybridized carbons (Fsp3) is 0.300. The highest BCUT2D eigenvalue weighted by Gasteiger charge is 2.27. The van der Waals surface area contributed by atoms with Gasteiger partial charge in [0.2, 0.25) is 5.91 Å². The summed E-state index contributed by atoms with van der Waals surface area (Å²) >= 11 is 0. The van der Waals surface area contributed by atoms with Crippen LogP contribution >= 0.6 is 0 Å². The number of rotatable bonds is 8. The molecule has 2 aromatic rings. The molecule has 0 radical (unpaired) electrons. The predicted molar refractivity (Wildman–Crippen MR) is 97.0 cm³/mol. The van der Waals surface area contributed by atoms with Gasteiger partial charge in [-0.15, -0.1) is 0 Å². The minimum Gasteiger partial charge on any atom is -0.481 e. The van der Waals surface area contributed by atoms with Gasteiger partial charge in [0.15, 0.2) is 18.2 Å². The van der Waals surface area contributed by atoms with E-state index < -0.39 is 30.2 Å². The number of hydrogen-bond acceptors (Lipinski definition) is 3. The summed E-state index contributed by atoms with van der Waals surface area (Å²) < 4.78 is 32.9. The molecule has 27 heavy (non-hydrogen) atoms. The number of likely N-dealkylation sites (N-methyl/N-ethyl adjacent to an activating group) is 1. The largest absolute Gasteiger partial charge is 0.481 e. The molecule has 2 aromatic carbocycles. The zero-order valence-electron chi connectivity index (χ0n) is 15.2. The minimum atomic E-state index is -0.846.